The fourth-order valence-corrected chi connectivity index (χ4v) is 3.38. The first kappa shape index (κ1) is 20.9. The fourth-order valence-electron chi connectivity index (χ4n) is 3.38. The van der Waals surface area contributed by atoms with Gasteiger partial charge in [-0.1, -0.05) is 51.2 Å². The molecule has 0 heterocycles. The van der Waals surface area contributed by atoms with Crippen molar-refractivity contribution in [2.24, 2.45) is 11.8 Å². The van der Waals surface area contributed by atoms with Crippen molar-refractivity contribution in [1.82, 2.24) is 0 Å². The number of carbonyl (C=O) groups excluding carboxylic acids is 1. The van der Waals surface area contributed by atoms with Crippen molar-refractivity contribution in [3.63, 3.8) is 0 Å². The number of hydrogen-bond acceptors (Lipinski definition) is 1. The van der Waals surface area contributed by atoms with Gasteiger partial charge in [0.05, 0.1) is 5.57 Å². The normalized spacial score (nSPS) is 21.5. The maximum atomic E-state index is 13.8. The number of halogens is 3. The summed E-state index contributed by atoms with van der Waals surface area (Å²) in [7, 11) is 0. The lowest BCUT2D eigenvalue weighted by Gasteiger charge is -2.24. The van der Waals surface area contributed by atoms with Crippen LogP contribution < -0.4 is 0 Å². The van der Waals surface area contributed by atoms with E-state index in [2.05, 4.69) is 19.9 Å². The Labute approximate surface area is 159 Å². The van der Waals surface area contributed by atoms with Gasteiger partial charge < -0.3 is 0 Å². The highest BCUT2D eigenvalue weighted by Gasteiger charge is 2.39. The molecule has 0 saturated heterocycles. The van der Waals surface area contributed by atoms with Gasteiger partial charge in [-0.2, -0.15) is 13.2 Å². The van der Waals surface area contributed by atoms with Gasteiger partial charge in [0, 0.05) is 5.92 Å². The number of hydrogen-bond donors (Lipinski definition) is 0. The average molecular weight is 374 g/mol. The first-order valence-corrected chi connectivity index (χ1v) is 9.00. The van der Waals surface area contributed by atoms with Crippen molar-refractivity contribution in [2.45, 2.75) is 40.8 Å². The molecule has 1 atom stereocenters. The Morgan fingerprint density at radius 3 is 2.41 bits per heavy atom. The van der Waals surface area contributed by atoms with E-state index in [9.17, 15) is 18.0 Å². The molecule has 0 amide bonds. The lowest BCUT2D eigenvalue weighted by molar-refractivity contribution is -0.104. The fraction of sp³-hybridized carbons (Fsp3) is 0.348. The van der Waals surface area contributed by atoms with Crippen LogP contribution in [0.2, 0.25) is 0 Å². The number of alkyl halides is 3. The molecule has 0 fully saturated rings. The average Bonchev–Trinajstić information content (AvgIpc) is 2.87. The van der Waals surface area contributed by atoms with Crippen molar-refractivity contribution in [2.75, 3.05) is 0 Å². The van der Waals surface area contributed by atoms with Crippen LogP contribution in [-0.2, 0) is 4.79 Å². The quantitative estimate of drug-likeness (QED) is 0.301. The third-order valence-electron chi connectivity index (χ3n) is 4.79. The Hall–Kier alpha value is -2.36. The first-order chi connectivity index (χ1) is 12.6. The third-order valence-corrected chi connectivity index (χ3v) is 4.79. The summed E-state index contributed by atoms with van der Waals surface area (Å²) in [6.07, 6.45) is 7.08. The molecule has 0 aromatic rings. The second-order valence-corrected chi connectivity index (χ2v) is 7.31. The van der Waals surface area contributed by atoms with Crippen LogP contribution in [0.4, 0.5) is 13.2 Å². The second kappa shape index (κ2) is 8.12. The second-order valence-electron chi connectivity index (χ2n) is 7.31. The van der Waals surface area contributed by atoms with Crippen molar-refractivity contribution in [3.05, 3.63) is 81.5 Å². The molecule has 1 nitrogen and oxygen atoms in total. The topological polar surface area (TPSA) is 17.1 Å². The largest absolute Gasteiger partial charge is 0.416 e. The van der Waals surface area contributed by atoms with E-state index in [1.807, 2.05) is 19.9 Å². The zero-order valence-corrected chi connectivity index (χ0v) is 16.3. The molecule has 0 aliphatic heterocycles. The van der Waals surface area contributed by atoms with Crippen molar-refractivity contribution >= 4 is 6.29 Å². The van der Waals surface area contributed by atoms with Crippen LogP contribution in [0.15, 0.2) is 81.5 Å². The summed E-state index contributed by atoms with van der Waals surface area (Å²) in [6.45, 7) is 9.63. The van der Waals surface area contributed by atoms with Crippen molar-refractivity contribution < 1.29 is 18.0 Å². The van der Waals surface area contributed by atoms with Gasteiger partial charge in [-0.15, -0.1) is 0 Å². The number of allylic oxidation sites excluding steroid dienone is 14. The Kier molecular flexibility index (Phi) is 6.30. The van der Waals surface area contributed by atoms with Gasteiger partial charge in [-0.3, -0.25) is 4.79 Å². The molecule has 0 aromatic carbocycles. The SMILES string of the molecule is CC1=CC(\C(=C/C=C/C(C)=C/C=O)C(F)(F)F)=C2C1=CC(C(C)C)=CC2C. The van der Waals surface area contributed by atoms with Crippen molar-refractivity contribution in [3.8, 4) is 0 Å². The van der Waals surface area contributed by atoms with Gasteiger partial charge in [0.1, 0.15) is 6.29 Å². The Balaban J connectivity index is 2.56. The number of carbonyl (C=O) groups is 1. The molecule has 0 radical (unpaired) electrons. The number of fused-ring (bicyclic) bond motifs is 1. The van der Waals surface area contributed by atoms with Crippen LogP contribution >= 0.6 is 0 Å². The lowest BCUT2D eigenvalue weighted by atomic mass is 9.81. The van der Waals surface area contributed by atoms with E-state index < -0.39 is 11.7 Å². The van der Waals surface area contributed by atoms with Gasteiger partial charge in [0.15, 0.2) is 0 Å². The van der Waals surface area contributed by atoms with E-state index in [1.54, 1.807) is 13.0 Å². The highest BCUT2D eigenvalue weighted by molar-refractivity contribution is 5.69. The summed E-state index contributed by atoms with van der Waals surface area (Å²) in [4.78, 5) is 10.5. The molecule has 2 aliphatic carbocycles. The van der Waals surface area contributed by atoms with E-state index in [-0.39, 0.29) is 11.5 Å². The summed E-state index contributed by atoms with van der Waals surface area (Å²) < 4.78 is 41.4. The number of aldehydes is 1. The molecule has 4 heteroatoms. The first-order valence-electron chi connectivity index (χ1n) is 9.00. The molecule has 0 aromatic heterocycles. The smallest absolute Gasteiger partial charge is 0.299 e. The van der Waals surface area contributed by atoms with E-state index in [4.69, 9.17) is 0 Å². The summed E-state index contributed by atoms with van der Waals surface area (Å²) in [6, 6.07) is 0. The highest BCUT2D eigenvalue weighted by Crippen LogP contribution is 2.46. The van der Waals surface area contributed by atoms with E-state index >= 15 is 0 Å². The maximum absolute atomic E-state index is 13.8. The predicted molar refractivity (Wildman–Crippen MR) is 104 cm³/mol. The minimum atomic E-state index is -4.47. The Morgan fingerprint density at radius 1 is 1.19 bits per heavy atom. The molecule has 0 spiro atoms. The zero-order valence-electron chi connectivity index (χ0n) is 16.3. The number of rotatable bonds is 5. The predicted octanol–water partition coefficient (Wildman–Crippen LogP) is 6.59. The summed E-state index contributed by atoms with van der Waals surface area (Å²) in [5.74, 6) is 0.240. The van der Waals surface area contributed by atoms with E-state index in [1.165, 1.54) is 18.2 Å². The molecule has 0 N–H and O–H groups in total. The minimum absolute atomic E-state index is 0.0856. The molecule has 0 saturated carbocycles. The Morgan fingerprint density at radius 2 is 1.85 bits per heavy atom. The van der Waals surface area contributed by atoms with E-state index in [0.717, 1.165) is 28.4 Å². The molecule has 2 aliphatic rings. The Bertz CT molecular complexity index is 837. The molecular weight excluding hydrogens is 349 g/mol. The lowest BCUT2D eigenvalue weighted by Crippen LogP contribution is -2.16. The van der Waals surface area contributed by atoms with Gasteiger partial charge in [-0.05, 0) is 65.4 Å². The molecule has 2 rings (SSSR count). The molecule has 0 bridgehead atoms. The van der Waals surface area contributed by atoms with Gasteiger partial charge in [0.2, 0.25) is 0 Å². The van der Waals surface area contributed by atoms with Gasteiger partial charge in [0.25, 0.3) is 0 Å². The van der Waals surface area contributed by atoms with Crippen LogP contribution in [0, 0.1) is 11.8 Å². The van der Waals surface area contributed by atoms with Crippen molar-refractivity contribution in [1.29, 1.82) is 0 Å². The molecule has 144 valence electrons. The van der Waals surface area contributed by atoms with Crippen LogP contribution in [0.5, 0.6) is 0 Å². The van der Waals surface area contributed by atoms with Gasteiger partial charge in [-0.25, -0.2) is 0 Å². The molecule has 27 heavy (non-hydrogen) atoms. The van der Waals surface area contributed by atoms with Gasteiger partial charge >= 0.3 is 6.18 Å². The maximum Gasteiger partial charge on any atom is 0.416 e. The third kappa shape index (κ3) is 4.68. The van der Waals surface area contributed by atoms with E-state index in [0.29, 0.717) is 17.8 Å². The highest BCUT2D eigenvalue weighted by atomic mass is 19.4. The van der Waals surface area contributed by atoms with Crippen LogP contribution in [0.3, 0.4) is 0 Å². The molecule has 1 unspecified atom stereocenters. The summed E-state index contributed by atoms with van der Waals surface area (Å²) in [5.41, 5.74) is 3.81. The van der Waals surface area contributed by atoms with Crippen LogP contribution in [0.25, 0.3) is 0 Å². The zero-order chi connectivity index (χ0) is 20.4. The summed E-state index contributed by atoms with van der Waals surface area (Å²) in [5, 5.41) is 0. The molecular formula is C23H25F3O. The standard InChI is InChI=1S/C23H25F3O/c1-14(2)18-11-17(5)22-19(13-18)16(4)12-20(22)21(23(24,25)26)8-6-7-15(3)9-10-27/h6-14,17H,1-5H3/b7-6+,15-9+,21-8+. The van der Waals surface area contributed by atoms with Crippen LogP contribution in [-0.4, -0.2) is 12.5 Å². The summed E-state index contributed by atoms with van der Waals surface area (Å²) >= 11 is 0. The monoisotopic (exact) mass is 374 g/mol. The van der Waals surface area contributed by atoms with Crippen LogP contribution in [0.1, 0.15) is 34.6 Å². The minimum Gasteiger partial charge on any atom is -0.299 e.